The zero-order valence-corrected chi connectivity index (χ0v) is 14.7. The zero-order valence-electron chi connectivity index (χ0n) is 12.3. The molecule has 0 aliphatic rings. The number of hydrogen-bond acceptors (Lipinski definition) is 2. The Morgan fingerprint density at radius 3 is 2.48 bits per heavy atom. The fourth-order valence-corrected chi connectivity index (χ4v) is 3.27. The summed E-state index contributed by atoms with van der Waals surface area (Å²) >= 11 is 10.2. The average Bonchev–Trinajstić information content (AvgIpc) is 2.49. The Hall–Kier alpha value is -1.19. The molecule has 0 N–H and O–H groups in total. The van der Waals surface area contributed by atoms with Crippen LogP contribution in [0.2, 0.25) is 0 Å². The van der Waals surface area contributed by atoms with Crippen LogP contribution < -0.4 is 9.47 Å². The van der Waals surface area contributed by atoms with Gasteiger partial charge in [-0.15, -0.1) is 11.6 Å². The highest BCUT2D eigenvalue weighted by Crippen LogP contribution is 2.35. The lowest BCUT2D eigenvalue weighted by molar-refractivity contribution is 0.354. The van der Waals surface area contributed by atoms with Gasteiger partial charge in [-0.3, -0.25) is 0 Å². The van der Waals surface area contributed by atoms with Crippen LogP contribution in [0.15, 0.2) is 40.9 Å². The average molecular weight is 370 g/mol. The third-order valence-electron chi connectivity index (χ3n) is 3.42. The Bertz CT molecular complexity index is 628. The summed E-state index contributed by atoms with van der Waals surface area (Å²) in [6.45, 7) is 2.06. The Morgan fingerprint density at radius 1 is 1.10 bits per heavy atom. The van der Waals surface area contributed by atoms with Gasteiger partial charge < -0.3 is 9.47 Å². The van der Waals surface area contributed by atoms with Crippen LogP contribution in [0.3, 0.4) is 0 Å². The summed E-state index contributed by atoms with van der Waals surface area (Å²) in [5.41, 5.74) is 3.40. The summed E-state index contributed by atoms with van der Waals surface area (Å²) < 4.78 is 11.7. The second-order valence-electron chi connectivity index (χ2n) is 4.84. The van der Waals surface area contributed by atoms with Gasteiger partial charge in [-0.05, 0) is 42.2 Å². The third-order valence-corrected chi connectivity index (χ3v) is 4.89. The normalized spacial score (nSPS) is 12.0. The maximum absolute atomic E-state index is 6.59. The van der Waals surface area contributed by atoms with Crippen molar-refractivity contribution in [1.82, 2.24) is 0 Å². The van der Waals surface area contributed by atoms with Gasteiger partial charge in [0.25, 0.3) is 0 Å². The van der Waals surface area contributed by atoms with Crippen LogP contribution in [-0.4, -0.2) is 14.2 Å². The summed E-state index contributed by atoms with van der Waals surface area (Å²) in [7, 11) is 3.27. The highest BCUT2D eigenvalue weighted by Gasteiger charge is 2.14. The summed E-state index contributed by atoms with van der Waals surface area (Å²) in [6, 6.07) is 12.0. The van der Waals surface area contributed by atoms with E-state index in [9.17, 15) is 0 Å². The number of aryl methyl sites for hydroxylation is 1. The first kappa shape index (κ1) is 16.2. The predicted molar refractivity (Wildman–Crippen MR) is 90.7 cm³/mol. The van der Waals surface area contributed by atoms with Gasteiger partial charge in [-0.1, -0.05) is 40.2 Å². The molecule has 0 saturated heterocycles. The lowest BCUT2D eigenvalue weighted by Crippen LogP contribution is -1.99. The molecule has 2 nitrogen and oxygen atoms in total. The summed E-state index contributed by atoms with van der Waals surface area (Å²) in [6.07, 6.45) is 0.726. The fraction of sp³-hybridized carbons (Fsp3) is 0.294. The van der Waals surface area contributed by atoms with Crippen molar-refractivity contribution in [2.45, 2.75) is 18.7 Å². The minimum Gasteiger partial charge on any atom is -0.493 e. The lowest BCUT2D eigenvalue weighted by atomic mass is 10.0. The molecule has 0 fully saturated rings. The van der Waals surface area contributed by atoms with Crippen molar-refractivity contribution in [2.24, 2.45) is 0 Å². The summed E-state index contributed by atoms with van der Waals surface area (Å²) in [5.74, 6) is 1.45. The number of rotatable bonds is 5. The number of hydrogen-bond donors (Lipinski definition) is 0. The summed E-state index contributed by atoms with van der Waals surface area (Å²) in [5, 5.41) is -0.0997. The molecule has 1 unspecified atom stereocenters. The minimum atomic E-state index is -0.0997. The molecule has 4 heteroatoms. The van der Waals surface area contributed by atoms with Crippen LogP contribution in [0.5, 0.6) is 11.5 Å². The molecule has 21 heavy (non-hydrogen) atoms. The standard InChI is InChI=1S/C17H18BrClO2/c1-11-5-4-6-13(17(11)18)14(19)9-12-7-8-15(20-2)16(10-12)21-3/h4-8,10,14H,9H2,1-3H3. The second kappa shape index (κ2) is 7.19. The SMILES string of the molecule is COc1ccc(CC(Cl)c2cccc(C)c2Br)cc1OC. The molecule has 112 valence electrons. The molecule has 0 bridgehead atoms. The third kappa shape index (κ3) is 3.72. The maximum atomic E-state index is 6.59. The van der Waals surface area contributed by atoms with E-state index in [2.05, 4.69) is 35.0 Å². The quantitative estimate of drug-likeness (QED) is 0.666. The van der Waals surface area contributed by atoms with Crippen molar-refractivity contribution >= 4 is 27.5 Å². The van der Waals surface area contributed by atoms with E-state index >= 15 is 0 Å². The highest BCUT2D eigenvalue weighted by atomic mass is 79.9. The Morgan fingerprint density at radius 2 is 1.81 bits per heavy atom. The second-order valence-corrected chi connectivity index (χ2v) is 6.16. The van der Waals surface area contributed by atoms with Crippen molar-refractivity contribution in [3.05, 3.63) is 57.6 Å². The minimum absolute atomic E-state index is 0.0997. The Kier molecular flexibility index (Phi) is 5.54. The number of halogens is 2. The first-order valence-electron chi connectivity index (χ1n) is 6.66. The van der Waals surface area contributed by atoms with Crippen molar-refractivity contribution < 1.29 is 9.47 Å². The maximum Gasteiger partial charge on any atom is 0.160 e. The molecular formula is C17H18BrClO2. The molecule has 0 aliphatic heterocycles. The van der Waals surface area contributed by atoms with E-state index in [1.165, 1.54) is 5.56 Å². The van der Waals surface area contributed by atoms with E-state index in [-0.39, 0.29) is 5.38 Å². The Balaban J connectivity index is 2.23. The molecule has 1 atom stereocenters. The monoisotopic (exact) mass is 368 g/mol. The largest absolute Gasteiger partial charge is 0.493 e. The number of benzene rings is 2. The smallest absolute Gasteiger partial charge is 0.160 e. The number of ether oxygens (including phenoxy) is 2. The first-order valence-corrected chi connectivity index (χ1v) is 7.89. The van der Waals surface area contributed by atoms with E-state index in [0.29, 0.717) is 0 Å². The van der Waals surface area contributed by atoms with E-state index in [0.717, 1.165) is 33.5 Å². The van der Waals surface area contributed by atoms with Crippen LogP contribution in [0.4, 0.5) is 0 Å². The molecule has 0 saturated carbocycles. The zero-order chi connectivity index (χ0) is 15.4. The van der Waals surface area contributed by atoms with E-state index in [1.54, 1.807) is 14.2 Å². The van der Waals surface area contributed by atoms with Crippen LogP contribution in [0.1, 0.15) is 22.1 Å². The van der Waals surface area contributed by atoms with E-state index in [4.69, 9.17) is 21.1 Å². The molecule has 0 aliphatic carbocycles. The van der Waals surface area contributed by atoms with Gasteiger partial charge in [0.2, 0.25) is 0 Å². The molecule has 0 amide bonds. The molecule has 0 radical (unpaired) electrons. The molecule has 2 aromatic rings. The first-order chi connectivity index (χ1) is 10.1. The van der Waals surface area contributed by atoms with Crippen molar-refractivity contribution in [1.29, 1.82) is 0 Å². The molecule has 2 rings (SSSR count). The van der Waals surface area contributed by atoms with Crippen molar-refractivity contribution in [2.75, 3.05) is 14.2 Å². The molecule has 0 spiro atoms. The lowest BCUT2D eigenvalue weighted by Gasteiger charge is -2.15. The van der Waals surface area contributed by atoms with Crippen LogP contribution in [0, 0.1) is 6.92 Å². The molecule has 2 aromatic carbocycles. The van der Waals surface area contributed by atoms with Gasteiger partial charge in [-0.2, -0.15) is 0 Å². The van der Waals surface area contributed by atoms with E-state index in [1.807, 2.05) is 24.3 Å². The van der Waals surface area contributed by atoms with Crippen LogP contribution in [0.25, 0.3) is 0 Å². The van der Waals surface area contributed by atoms with Crippen molar-refractivity contribution in [3.8, 4) is 11.5 Å². The molecule has 0 aromatic heterocycles. The van der Waals surface area contributed by atoms with Gasteiger partial charge in [0, 0.05) is 4.47 Å². The van der Waals surface area contributed by atoms with Gasteiger partial charge >= 0.3 is 0 Å². The van der Waals surface area contributed by atoms with Gasteiger partial charge in [0.05, 0.1) is 19.6 Å². The summed E-state index contributed by atoms with van der Waals surface area (Å²) in [4.78, 5) is 0. The van der Waals surface area contributed by atoms with Gasteiger partial charge in [0.15, 0.2) is 11.5 Å². The fourth-order valence-electron chi connectivity index (χ4n) is 2.24. The van der Waals surface area contributed by atoms with Gasteiger partial charge in [0.1, 0.15) is 0 Å². The number of methoxy groups -OCH3 is 2. The van der Waals surface area contributed by atoms with Gasteiger partial charge in [-0.25, -0.2) is 0 Å². The Labute approximate surface area is 139 Å². The van der Waals surface area contributed by atoms with Crippen LogP contribution in [-0.2, 0) is 6.42 Å². The van der Waals surface area contributed by atoms with Crippen molar-refractivity contribution in [3.63, 3.8) is 0 Å². The molecular weight excluding hydrogens is 352 g/mol. The highest BCUT2D eigenvalue weighted by molar-refractivity contribution is 9.10. The molecule has 0 heterocycles. The van der Waals surface area contributed by atoms with E-state index < -0.39 is 0 Å². The topological polar surface area (TPSA) is 18.5 Å². The predicted octanol–water partition coefficient (Wildman–Crippen LogP) is 5.30. The van der Waals surface area contributed by atoms with Crippen LogP contribution >= 0.6 is 27.5 Å². The number of alkyl halides is 1.